The third-order valence-electron chi connectivity index (χ3n) is 2.61. The van der Waals surface area contributed by atoms with Crippen LogP contribution in [0.3, 0.4) is 0 Å². The topological polar surface area (TPSA) is 56.0 Å². The fourth-order valence-corrected chi connectivity index (χ4v) is 2.11. The number of nitrogens with zero attached hydrogens (tertiary/aromatic N) is 2. The number of pyridine rings is 1. The van der Waals surface area contributed by atoms with Crippen molar-refractivity contribution in [1.29, 1.82) is 0 Å². The number of benzene rings is 1. The van der Waals surface area contributed by atoms with Gasteiger partial charge in [-0.25, -0.2) is 4.98 Å². The highest BCUT2D eigenvalue weighted by atomic mass is 35.5. The minimum Gasteiger partial charge on any atom is -0.259 e. The van der Waals surface area contributed by atoms with Gasteiger partial charge in [0.25, 0.3) is 0 Å². The Hall–Kier alpha value is -1.94. The molecule has 0 fully saturated rings. The van der Waals surface area contributed by atoms with Crippen LogP contribution in [0.5, 0.6) is 0 Å². The average Bonchev–Trinajstić information content (AvgIpc) is 2.27. The van der Waals surface area contributed by atoms with E-state index in [1.54, 1.807) is 0 Å². The average molecular weight is 263 g/mol. The monoisotopic (exact) mass is 262 g/mol. The van der Waals surface area contributed by atoms with Crippen molar-refractivity contribution in [2.24, 2.45) is 0 Å². The molecule has 0 N–H and O–H groups in total. The molecule has 92 valence electrons. The largest absolute Gasteiger partial charge is 0.259 e. The molecule has 0 aliphatic heterocycles. The summed E-state index contributed by atoms with van der Waals surface area (Å²) < 4.78 is 0. The minimum absolute atomic E-state index is 0.271. The van der Waals surface area contributed by atoms with Crippen LogP contribution >= 0.6 is 11.6 Å². The van der Waals surface area contributed by atoms with Crippen LogP contribution in [0.25, 0.3) is 17.0 Å². The van der Waals surface area contributed by atoms with E-state index < -0.39 is 4.92 Å². The predicted molar refractivity (Wildman–Crippen MR) is 72.3 cm³/mol. The summed E-state index contributed by atoms with van der Waals surface area (Å²) in [7, 11) is 0. The van der Waals surface area contributed by atoms with Crippen LogP contribution in [0.2, 0.25) is 5.15 Å². The van der Waals surface area contributed by atoms with Gasteiger partial charge in [-0.1, -0.05) is 23.2 Å². The van der Waals surface area contributed by atoms with Crippen LogP contribution in [0.4, 0.5) is 0 Å². The third kappa shape index (κ3) is 2.49. The number of rotatable bonds is 2. The van der Waals surface area contributed by atoms with Crippen LogP contribution < -0.4 is 0 Å². The number of fused-ring (bicyclic) bond motifs is 1. The molecule has 1 aromatic heterocycles. The maximum Gasteiger partial charge on any atom is 0.235 e. The van der Waals surface area contributed by atoms with Gasteiger partial charge < -0.3 is 0 Å². The van der Waals surface area contributed by atoms with Gasteiger partial charge in [0.1, 0.15) is 5.15 Å². The van der Waals surface area contributed by atoms with Crippen LogP contribution in [0.15, 0.2) is 24.4 Å². The van der Waals surface area contributed by atoms with E-state index in [9.17, 15) is 10.1 Å². The molecule has 2 aromatic rings. The Bertz CT molecular complexity index is 666. The van der Waals surface area contributed by atoms with E-state index in [4.69, 9.17) is 11.6 Å². The van der Waals surface area contributed by atoms with E-state index in [1.165, 1.54) is 6.08 Å². The summed E-state index contributed by atoms with van der Waals surface area (Å²) in [5.41, 5.74) is 3.53. The summed E-state index contributed by atoms with van der Waals surface area (Å²) in [6.07, 6.45) is 2.21. The fourth-order valence-electron chi connectivity index (χ4n) is 1.90. The standard InChI is InChI=1S/C13H11ClN2O2/c1-8-5-9(2)12-11(6-8)7-10(13(14)15-12)3-4-16(17)18/h3-7H,1-2H3/b4-3+. The molecule has 0 atom stereocenters. The normalized spacial score (nSPS) is 11.3. The van der Waals surface area contributed by atoms with Gasteiger partial charge in [0, 0.05) is 17.0 Å². The summed E-state index contributed by atoms with van der Waals surface area (Å²) in [4.78, 5) is 14.1. The van der Waals surface area contributed by atoms with Gasteiger partial charge in [0.2, 0.25) is 6.20 Å². The zero-order chi connectivity index (χ0) is 13.3. The van der Waals surface area contributed by atoms with Gasteiger partial charge in [-0.3, -0.25) is 10.1 Å². The zero-order valence-electron chi connectivity index (χ0n) is 9.98. The zero-order valence-corrected chi connectivity index (χ0v) is 10.7. The maximum atomic E-state index is 10.3. The number of halogens is 1. The van der Waals surface area contributed by atoms with Gasteiger partial charge in [-0.15, -0.1) is 0 Å². The van der Waals surface area contributed by atoms with Crippen LogP contribution in [-0.2, 0) is 0 Å². The Morgan fingerprint density at radius 1 is 1.33 bits per heavy atom. The highest BCUT2D eigenvalue weighted by molar-refractivity contribution is 6.31. The Morgan fingerprint density at radius 2 is 2.06 bits per heavy atom. The molecule has 0 bridgehead atoms. The molecule has 4 nitrogen and oxygen atoms in total. The van der Waals surface area contributed by atoms with Crippen LogP contribution in [-0.4, -0.2) is 9.91 Å². The predicted octanol–water partition coefficient (Wildman–Crippen LogP) is 3.75. The van der Waals surface area contributed by atoms with Crippen molar-refractivity contribution >= 4 is 28.6 Å². The van der Waals surface area contributed by atoms with E-state index in [1.807, 2.05) is 32.0 Å². The summed E-state index contributed by atoms with van der Waals surface area (Å²) in [5.74, 6) is 0. The van der Waals surface area contributed by atoms with Crippen LogP contribution in [0.1, 0.15) is 16.7 Å². The summed E-state index contributed by atoms with van der Waals surface area (Å²) >= 11 is 6.01. The Morgan fingerprint density at radius 3 is 2.72 bits per heavy atom. The molecule has 5 heteroatoms. The molecule has 1 heterocycles. The first-order valence-electron chi connectivity index (χ1n) is 5.36. The van der Waals surface area contributed by atoms with Gasteiger partial charge in [0.15, 0.2) is 0 Å². The number of aromatic nitrogens is 1. The highest BCUT2D eigenvalue weighted by Crippen LogP contribution is 2.25. The van der Waals surface area contributed by atoms with E-state index >= 15 is 0 Å². The van der Waals surface area contributed by atoms with E-state index in [-0.39, 0.29) is 5.15 Å². The summed E-state index contributed by atoms with van der Waals surface area (Å²) in [6, 6.07) is 5.82. The van der Waals surface area contributed by atoms with Gasteiger partial charge in [-0.05, 0) is 31.5 Å². The molecular formula is C13H11ClN2O2. The molecule has 0 aliphatic carbocycles. The van der Waals surface area contributed by atoms with Crippen molar-refractivity contribution in [2.45, 2.75) is 13.8 Å². The second kappa shape index (κ2) is 4.74. The molecule has 18 heavy (non-hydrogen) atoms. The quantitative estimate of drug-likeness (QED) is 0.470. The van der Waals surface area contributed by atoms with Crippen LogP contribution in [0, 0.1) is 24.0 Å². The second-order valence-corrected chi connectivity index (χ2v) is 4.48. The molecule has 0 aliphatic rings. The van der Waals surface area contributed by atoms with Crippen molar-refractivity contribution in [3.63, 3.8) is 0 Å². The smallest absolute Gasteiger partial charge is 0.235 e. The highest BCUT2D eigenvalue weighted by Gasteiger charge is 2.06. The van der Waals surface area contributed by atoms with E-state index in [2.05, 4.69) is 4.98 Å². The number of hydrogen-bond acceptors (Lipinski definition) is 3. The van der Waals surface area contributed by atoms with Gasteiger partial charge in [0.05, 0.1) is 10.4 Å². The van der Waals surface area contributed by atoms with Crippen molar-refractivity contribution in [3.05, 3.63) is 56.4 Å². The molecule has 0 saturated heterocycles. The van der Waals surface area contributed by atoms with Gasteiger partial charge in [-0.2, -0.15) is 0 Å². The Kier molecular flexibility index (Phi) is 3.30. The first kappa shape index (κ1) is 12.5. The molecular weight excluding hydrogens is 252 g/mol. The fraction of sp³-hybridized carbons (Fsp3) is 0.154. The van der Waals surface area contributed by atoms with Crippen molar-refractivity contribution in [3.8, 4) is 0 Å². The molecule has 2 rings (SSSR count). The molecule has 0 saturated carbocycles. The SMILES string of the molecule is Cc1cc(C)c2nc(Cl)c(/C=C/[N+](=O)[O-])cc2c1. The lowest BCUT2D eigenvalue weighted by Gasteiger charge is -2.06. The first-order chi connectivity index (χ1) is 8.47. The maximum absolute atomic E-state index is 10.3. The number of aryl methyl sites for hydroxylation is 2. The number of hydrogen-bond donors (Lipinski definition) is 0. The van der Waals surface area contributed by atoms with E-state index in [0.717, 1.165) is 28.2 Å². The van der Waals surface area contributed by atoms with Crippen molar-refractivity contribution in [1.82, 2.24) is 4.98 Å². The van der Waals surface area contributed by atoms with Gasteiger partial charge >= 0.3 is 0 Å². The Labute approximate surface area is 109 Å². The minimum atomic E-state index is -0.526. The molecule has 0 amide bonds. The molecule has 0 radical (unpaired) electrons. The molecule has 0 unspecified atom stereocenters. The van der Waals surface area contributed by atoms with E-state index in [0.29, 0.717) is 5.56 Å². The Balaban J connectivity index is 2.64. The first-order valence-corrected chi connectivity index (χ1v) is 5.74. The van der Waals surface area contributed by atoms with Crippen molar-refractivity contribution < 1.29 is 4.92 Å². The lowest BCUT2D eigenvalue weighted by Crippen LogP contribution is -1.90. The molecule has 0 spiro atoms. The third-order valence-corrected chi connectivity index (χ3v) is 2.91. The summed E-state index contributed by atoms with van der Waals surface area (Å²) in [6.45, 7) is 3.96. The number of nitro groups is 1. The lowest BCUT2D eigenvalue weighted by atomic mass is 10.1. The summed E-state index contributed by atoms with van der Waals surface area (Å²) in [5, 5.41) is 11.5. The lowest BCUT2D eigenvalue weighted by molar-refractivity contribution is -0.400. The molecule has 1 aromatic carbocycles. The van der Waals surface area contributed by atoms with Crippen molar-refractivity contribution in [2.75, 3.05) is 0 Å². The second-order valence-electron chi connectivity index (χ2n) is 4.12.